The number of benzene rings is 2. The van der Waals surface area contributed by atoms with Gasteiger partial charge in [0.25, 0.3) is 5.91 Å². The van der Waals surface area contributed by atoms with Crippen LogP contribution in [0.4, 0.5) is 10.1 Å². The fourth-order valence-electron chi connectivity index (χ4n) is 2.15. The van der Waals surface area contributed by atoms with E-state index in [9.17, 15) is 14.0 Å². The molecular weight excluding hydrogens is 343 g/mol. The van der Waals surface area contributed by atoms with E-state index in [0.29, 0.717) is 15.8 Å². The number of halogens is 1. The van der Waals surface area contributed by atoms with E-state index < -0.39 is 5.97 Å². The van der Waals surface area contributed by atoms with Gasteiger partial charge in [0, 0.05) is 7.05 Å². The van der Waals surface area contributed by atoms with Gasteiger partial charge in [-0.1, -0.05) is 12.1 Å². The Kier molecular flexibility index (Phi) is 4.67. The zero-order chi connectivity index (χ0) is 18.0. The van der Waals surface area contributed by atoms with Gasteiger partial charge in [-0.05, 0) is 59.8 Å². The molecule has 1 fully saturated rings. The van der Waals surface area contributed by atoms with Gasteiger partial charge >= 0.3 is 5.97 Å². The summed E-state index contributed by atoms with van der Waals surface area (Å²) < 4.78 is 13.0. The number of carbonyl (C=O) groups is 2. The van der Waals surface area contributed by atoms with Gasteiger partial charge in [0.15, 0.2) is 5.17 Å². The van der Waals surface area contributed by atoms with Crippen molar-refractivity contribution in [2.75, 3.05) is 7.05 Å². The fraction of sp³-hybridized carbons (Fsp3) is 0.0556. The van der Waals surface area contributed by atoms with Crippen molar-refractivity contribution in [1.29, 1.82) is 0 Å². The van der Waals surface area contributed by atoms with Crippen molar-refractivity contribution in [2.45, 2.75) is 0 Å². The molecule has 0 aromatic heterocycles. The van der Waals surface area contributed by atoms with Crippen molar-refractivity contribution in [1.82, 2.24) is 4.90 Å². The number of likely N-dealkylation sites (N-methyl/N-ethyl adjacent to an activating group) is 1. The van der Waals surface area contributed by atoms with E-state index in [1.165, 1.54) is 40.9 Å². The SMILES string of the molecule is CN1C(=O)C(=Cc2ccc(F)cc2)SC1=Nc1ccc(C(=O)O)cc1. The summed E-state index contributed by atoms with van der Waals surface area (Å²) in [5.74, 6) is -1.54. The summed E-state index contributed by atoms with van der Waals surface area (Å²) in [4.78, 5) is 29.5. The number of thioether (sulfide) groups is 1. The van der Waals surface area contributed by atoms with Crippen molar-refractivity contribution in [3.05, 3.63) is 70.4 Å². The first-order chi connectivity index (χ1) is 11.9. The number of nitrogens with zero attached hydrogens (tertiary/aromatic N) is 2. The average Bonchev–Trinajstić information content (AvgIpc) is 2.85. The molecule has 25 heavy (non-hydrogen) atoms. The van der Waals surface area contributed by atoms with Crippen LogP contribution in [-0.2, 0) is 4.79 Å². The van der Waals surface area contributed by atoms with Gasteiger partial charge in [-0.15, -0.1) is 0 Å². The maximum Gasteiger partial charge on any atom is 0.335 e. The number of amidine groups is 1. The highest BCUT2D eigenvalue weighted by Crippen LogP contribution is 2.33. The number of hydrogen-bond donors (Lipinski definition) is 1. The first kappa shape index (κ1) is 16.9. The molecular formula is C18H13FN2O3S. The van der Waals surface area contributed by atoms with Crippen LogP contribution in [0.25, 0.3) is 6.08 Å². The summed E-state index contributed by atoms with van der Waals surface area (Å²) in [6.45, 7) is 0. The van der Waals surface area contributed by atoms with E-state index in [4.69, 9.17) is 5.11 Å². The quantitative estimate of drug-likeness (QED) is 0.850. The lowest BCUT2D eigenvalue weighted by atomic mass is 10.2. The molecule has 0 unspecified atom stereocenters. The second kappa shape index (κ2) is 6.90. The van der Waals surface area contributed by atoms with Gasteiger partial charge in [-0.25, -0.2) is 14.2 Å². The van der Waals surface area contributed by atoms with Crippen LogP contribution >= 0.6 is 11.8 Å². The van der Waals surface area contributed by atoms with Gasteiger partial charge in [-0.3, -0.25) is 9.69 Å². The first-order valence-electron chi connectivity index (χ1n) is 7.29. The molecule has 2 aromatic rings. The predicted octanol–water partition coefficient (Wildman–Crippen LogP) is 3.76. The molecule has 0 bridgehead atoms. The van der Waals surface area contributed by atoms with Gasteiger partial charge in [0.2, 0.25) is 0 Å². The topological polar surface area (TPSA) is 70.0 Å². The Labute approximate surface area is 147 Å². The maximum atomic E-state index is 13.0. The number of carboxylic acids is 1. The monoisotopic (exact) mass is 356 g/mol. The molecule has 2 aromatic carbocycles. The molecule has 5 nitrogen and oxygen atoms in total. The van der Waals surface area contributed by atoms with Gasteiger partial charge < -0.3 is 5.11 Å². The minimum Gasteiger partial charge on any atom is -0.478 e. The van der Waals surface area contributed by atoms with Crippen LogP contribution in [0.5, 0.6) is 0 Å². The standard InChI is InChI=1S/C18H13FN2O3S/c1-21-16(22)15(10-11-2-6-13(19)7-3-11)25-18(21)20-14-8-4-12(5-9-14)17(23)24/h2-10H,1H3,(H,23,24). The van der Waals surface area contributed by atoms with E-state index in [1.54, 1.807) is 37.4 Å². The molecule has 1 aliphatic rings. The van der Waals surface area contributed by atoms with Crippen LogP contribution in [0.3, 0.4) is 0 Å². The Morgan fingerprint density at radius 1 is 1.16 bits per heavy atom. The molecule has 0 atom stereocenters. The molecule has 1 amide bonds. The highest BCUT2D eigenvalue weighted by molar-refractivity contribution is 8.18. The highest BCUT2D eigenvalue weighted by Gasteiger charge is 2.30. The van der Waals surface area contributed by atoms with Crippen molar-refractivity contribution >= 4 is 40.6 Å². The first-order valence-corrected chi connectivity index (χ1v) is 8.11. The number of aliphatic imine (C=N–C) groups is 1. The lowest BCUT2D eigenvalue weighted by Crippen LogP contribution is -2.23. The minimum atomic E-state index is -1.01. The molecule has 0 saturated carbocycles. The van der Waals surface area contributed by atoms with E-state index in [-0.39, 0.29) is 17.3 Å². The zero-order valence-corrected chi connectivity index (χ0v) is 14.0. The molecule has 1 N–H and O–H groups in total. The second-order valence-electron chi connectivity index (χ2n) is 5.27. The molecule has 1 heterocycles. The Morgan fingerprint density at radius 3 is 2.40 bits per heavy atom. The Balaban J connectivity index is 1.85. The molecule has 0 aliphatic carbocycles. The second-order valence-corrected chi connectivity index (χ2v) is 6.28. The number of amides is 1. The Bertz CT molecular complexity index is 890. The third-order valence-corrected chi connectivity index (χ3v) is 4.57. The van der Waals surface area contributed by atoms with E-state index >= 15 is 0 Å². The number of rotatable bonds is 3. The van der Waals surface area contributed by atoms with Crippen molar-refractivity contribution in [2.24, 2.45) is 4.99 Å². The minimum absolute atomic E-state index is 0.171. The number of carboxylic acid groups (broad SMARTS) is 1. The molecule has 0 radical (unpaired) electrons. The number of aromatic carboxylic acids is 1. The maximum absolute atomic E-state index is 13.0. The van der Waals surface area contributed by atoms with E-state index in [0.717, 1.165) is 5.56 Å². The molecule has 126 valence electrons. The van der Waals surface area contributed by atoms with Crippen molar-refractivity contribution in [3.8, 4) is 0 Å². The van der Waals surface area contributed by atoms with Crippen LogP contribution in [0.15, 0.2) is 58.4 Å². The molecule has 1 saturated heterocycles. The molecule has 1 aliphatic heterocycles. The molecule has 7 heteroatoms. The largest absolute Gasteiger partial charge is 0.478 e. The normalized spacial score (nSPS) is 17.5. The van der Waals surface area contributed by atoms with E-state index in [2.05, 4.69) is 4.99 Å². The van der Waals surface area contributed by atoms with Gasteiger partial charge in [0.05, 0.1) is 16.2 Å². The predicted molar refractivity (Wildman–Crippen MR) is 95.2 cm³/mol. The molecule has 0 spiro atoms. The van der Waals surface area contributed by atoms with Crippen LogP contribution in [0, 0.1) is 5.82 Å². The third-order valence-electron chi connectivity index (χ3n) is 3.51. The zero-order valence-electron chi connectivity index (χ0n) is 13.1. The van der Waals surface area contributed by atoms with Crippen LogP contribution in [-0.4, -0.2) is 34.1 Å². The van der Waals surface area contributed by atoms with Gasteiger partial charge in [-0.2, -0.15) is 0 Å². The van der Waals surface area contributed by atoms with Crippen LogP contribution in [0.1, 0.15) is 15.9 Å². The Morgan fingerprint density at radius 2 is 1.80 bits per heavy atom. The summed E-state index contributed by atoms with van der Waals surface area (Å²) in [7, 11) is 1.62. The Hall–Kier alpha value is -2.93. The third kappa shape index (κ3) is 3.77. The van der Waals surface area contributed by atoms with Crippen molar-refractivity contribution in [3.63, 3.8) is 0 Å². The lowest BCUT2D eigenvalue weighted by molar-refractivity contribution is -0.121. The number of carbonyl (C=O) groups excluding carboxylic acids is 1. The van der Waals surface area contributed by atoms with E-state index in [1.807, 2.05) is 0 Å². The highest BCUT2D eigenvalue weighted by atomic mass is 32.2. The smallest absolute Gasteiger partial charge is 0.335 e. The molecule has 3 rings (SSSR count). The van der Waals surface area contributed by atoms with Crippen LogP contribution < -0.4 is 0 Å². The van der Waals surface area contributed by atoms with Crippen LogP contribution in [0.2, 0.25) is 0 Å². The summed E-state index contributed by atoms with van der Waals surface area (Å²) in [6.07, 6.45) is 1.68. The summed E-state index contributed by atoms with van der Waals surface area (Å²) >= 11 is 1.21. The summed E-state index contributed by atoms with van der Waals surface area (Å²) in [5, 5.41) is 9.39. The summed E-state index contributed by atoms with van der Waals surface area (Å²) in [5.41, 5.74) is 1.44. The lowest BCUT2D eigenvalue weighted by Gasteiger charge is -2.07. The van der Waals surface area contributed by atoms with Crippen molar-refractivity contribution < 1.29 is 19.1 Å². The number of hydrogen-bond acceptors (Lipinski definition) is 4. The summed E-state index contributed by atoms with van der Waals surface area (Å²) in [6, 6.07) is 11.9. The average molecular weight is 356 g/mol. The van der Waals surface area contributed by atoms with Gasteiger partial charge in [0.1, 0.15) is 5.82 Å². The fourth-order valence-corrected chi connectivity index (χ4v) is 3.14.